The maximum atomic E-state index is 12.5. The summed E-state index contributed by atoms with van der Waals surface area (Å²) in [6.45, 7) is 1.30. The molecule has 7 nitrogen and oxygen atoms in total. The van der Waals surface area contributed by atoms with Crippen LogP contribution in [0.15, 0.2) is 35.5 Å². The maximum Gasteiger partial charge on any atom is 0.272 e. The molecule has 0 bridgehead atoms. The number of piperidine rings is 1. The Hall–Kier alpha value is -2.22. The Balaban J connectivity index is 1.71. The number of amides is 1. The fourth-order valence-electron chi connectivity index (χ4n) is 3.12. The summed E-state index contributed by atoms with van der Waals surface area (Å²) in [6, 6.07) is 5.29. The number of H-pyrrole nitrogens is 1. The molecule has 1 N–H and O–H groups in total. The average Bonchev–Trinajstić information content (AvgIpc) is 3.04. The first kappa shape index (κ1) is 16.6. The van der Waals surface area contributed by atoms with E-state index >= 15 is 0 Å². The van der Waals surface area contributed by atoms with Gasteiger partial charge in [-0.1, -0.05) is 6.07 Å². The van der Waals surface area contributed by atoms with Gasteiger partial charge in [0.1, 0.15) is 10.6 Å². The smallest absolute Gasteiger partial charge is 0.272 e. The van der Waals surface area contributed by atoms with Crippen LogP contribution in [0.4, 0.5) is 0 Å². The van der Waals surface area contributed by atoms with Crippen LogP contribution >= 0.6 is 0 Å². The topological polar surface area (TPSA) is 96.0 Å². The van der Waals surface area contributed by atoms with Gasteiger partial charge in [-0.2, -0.15) is 5.10 Å². The van der Waals surface area contributed by atoms with Crippen molar-refractivity contribution in [1.82, 2.24) is 20.1 Å². The fourth-order valence-corrected chi connectivity index (χ4v) is 3.94. The zero-order chi connectivity index (χ0) is 17.2. The van der Waals surface area contributed by atoms with Gasteiger partial charge in [-0.3, -0.25) is 14.9 Å². The largest absolute Gasteiger partial charge is 0.337 e. The molecule has 1 saturated heterocycles. The number of aromatic nitrogens is 3. The number of nitrogens with one attached hydrogen (secondary N) is 1. The summed E-state index contributed by atoms with van der Waals surface area (Å²) in [4.78, 5) is 18.7. The standard InChI is InChI=1S/C16H20N4O3S/c1-24(22,23)15-10-18-19-14(15)9-12-5-4-8-20(11-12)16(21)13-6-2-3-7-17-13/h2-3,6-7,10,12H,4-5,8-9,11H2,1H3,(H,18,19). The fraction of sp³-hybridized carbons (Fsp3) is 0.438. The molecule has 8 heteroatoms. The van der Waals surface area contributed by atoms with Gasteiger partial charge in [-0.25, -0.2) is 8.42 Å². The van der Waals surface area contributed by atoms with Crippen LogP contribution in [0.2, 0.25) is 0 Å². The molecule has 0 spiro atoms. The second-order valence-corrected chi connectivity index (χ2v) is 8.15. The molecule has 128 valence electrons. The highest BCUT2D eigenvalue weighted by molar-refractivity contribution is 7.90. The van der Waals surface area contributed by atoms with Gasteiger partial charge in [0.05, 0.1) is 11.9 Å². The Morgan fingerprint density at radius 2 is 2.25 bits per heavy atom. The molecular weight excluding hydrogens is 328 g/mol. The lowest BCUT2D eigenvalue weighted by Gasteiger charge is -2.32. The van der Waals surface area contributed by atoms with E-state index in [4.69, 9.17) is 0 Å². The number of nitrogens with zero attached hydrogens (tertiary/aromatic N) is 3. The van der Waals surface area contributed by atoms with E-state index in [1.165, 1.54) is 12.5 Å². The zero-order valence-electron chi connectivity index (χ0n) is 13.5. The number of carbonyl (C=O) groups is 1. The molecule has 1 atom stereocenters. The van der Waals surface area contributed by atoms with Crippen LogP contribution in [0.25, 0.3) is 0 Å². The SMILES string of the molecule is CS(=O)(=O)c1cn[nH]c1CC1CCCN(C(=O)c2ccccn2)C1. The molecule has 2 aromatic rings. The molecule has 1 unspecified atom stereocenters. The van der Waals surface area contributed by atoms with E-state index in [0.29, 0.717) is 30.9 Å². The third-order valence-electron chi connectivity index (χ3n) is 4.26. The molecule has 2 aromatic heterocycles. The number of aromatic amines is 1. The highest BCUT2D eigenvalue weighted by Gasteiger charge is 2.27. The molecule has 1 fully saturated rings. The zero-order valence-corrected chi connectivity index (χ0v) is 14.3. The summed E-state index contributed by atoms with van der Waals surface area (Å²) in [5.41, 5.74) is 1.06. The molecule has 0 saturated carbocycles. The molecule has 0 aromatic carbocycles. The lowest BCUT2D eigenvalue weighted by Crippen LogP contribution is -2.41. The van der Waals surface area contributed by atoms with E-state index < -0.39 is 9.84 Å². The van der Waals surface area contributed by atoms with Gasteiger partial charge in [0.2, 0.25) is 0 Å². The van der Waals surface area contributed by atoms with Gasteiger partial charge in [-0.15, -0.1) is 0 Å². The number of hydrogen-bond donors (Lipinski definition) is 1. The summed E-state index contributed by atoms with van der Waals surface area (Å²) in [5, 5.41) is 6.65. The number of pyridine rings is 1. The summed E-state index contributed by atoms with van der Waals surface area (Å²) >= 11 is 0. The summed E-state index contributed by atoms with van der Waals surface area (Å²) < 4.78 is 23.6. The summed E-state index contributed by atoms with van der Waals surface area (Å²) in [7, 11) is -3.30. The first-order chi connectivity index (χ1) is 11.4. The molecule has 3 heterocycles. The highest BCUT2D eigenvalue weighted by Crippen LogP contribution is 2.24. The third kappa shape index (κ3) is 3.64. The molecule has 1 aliphatic rings. The molecule has 1 aliphatic heterocycles. The summed E-state index contributed by atoms with van der Waals surface area (Å²) in [5.74, 6) is 0.126. The van der Waals surface area contributed by atoms with Crippen molar-refractivity contribution in [3.8, 4) is 0 Å². The van der Waals surface area contributed by atoms with Crippen LogP contribution in [0.1, 0.15) is 29.0 Å². The second-order valence-electron chi connectivity index (χ2n) is 6.16. The van der Waals surface area contributed by atoms with Crippen LogP contribution in [0.3, 0.4) is 0 Å². The number of carbonyl (C=O) groups excluding carboxylic acids is 1. The Morgan fingerprint density at radius 3 is 2.96 bits per heavy atom. The first-order valence-electron chi connectivity index (χ1n) is 7.88. The molecule has 3 rings (SSSR count). The number of sulfone groups is 1. The van der Waals surface area contributed by atoms with Crippen molar-refractivity contribution in [3.63, 3.8) is 0 Å². The number of likely N-dealkylation sites (tertiary alicyclic amines) is 1. The van der Waals surface area contributed by atoms with Gasteiger partial charge in [0, 0.05) is 25.5 Å². The number of hydrogen-bond acceptors (Lipinski definition) is 5. The van der Waals surface area contributed by atoms with Gasteiger partial charge >= 0.3 is 0 Å². The van der Waals surface area contributed by atoms with Crippen molar-refractivity contribution in [1.29, 1.82) is 0 Å². The van der Waals surface area contributed by atoms with Crippen molar-refractivity contribution in [2.75, 3.05) is 19.3 Å². The second kappa shape index (κ2) is 6.72. The van der Waals surface area contributed by atoms with Crippen molar-refractivity contribution in [2.45, 2.75) is 24.2 Å². The van der Waals surface area contributed by atoms with Gasteiger partial charge in [0.25, 0.3) is 5.91 Å². The minimum Gasteiger partial charge on any atom is -0.337 e. The molecule has 0 aliphatic carbocycles. The first-order valence-corrected chi connectivity index (χ1v) is 9.77. The number of rotatable bonds is 4. The Bertz CT molecular complexity index is 817. The lowest BCUT2D eigenvalue weighted by atomic mass is 9.93. The van der Waals surface area contributed by atoms with Crippen molar-refractivity contribution >= 4 is 15.7 Å². The van der Waals surface area contributed by atoms with Crippen molar-refractivity contribution in [3.05, 3.63) is 42.0 Å². The van der Waals surface area contributed by atoms with E-state index in [0.717, 1.165) is 12.8 Å². The van der Waals surface area contributed by atoms with Crippen LogP contribution in [0.5, 0.6) is 0 Å². The van der Waals surface area contributed by atoms with E-state index in [1.54, 1.807) is 29.3 Å². The molecular formula is C16H20N4O3S. The third-order valence-corrected chi connectivity index (χ3v) is 5.41. The van der Waals surface area contributed by atoms with E-state index in [1.807, 2.05) is 0 Å². The van der Waals surface area contributed by atoms with Crippen LogP contribution in [0, 0.1) is 5.92 Å². The van der Waals surface area contributed by atoms with Crippen LogP contribution in [-0.2, 0) is 16.3 Å². The predicted molar refractivity (Wildman–Crippen MR) is 88.3 cm³/mol. The Kier molecular flexibility index (Phi) is 4.66. The molecule has 0 radical (unpaired) electrons. The molecule has 1 amide bonds. The Labute approximate surface area is 141 Å². The predicted octanol–water partition coefficient (Wildman–Crippen LogP) is 1.30. The maximum absolute atomic E-state index is 12.5. The quantitative estimate of drug-likeness (QED) is 0.898. The normalized spacial score (nSPS) is 18.5. The van der Waals surface area contributed by atoms with Crippen LogP contribution in [-0.4, -0.2) is 53.8 Å². The van der Waals surface area contributed by atoms with Crippen LogP contribution < -0.4 is 0 Å². The van der Waals surface area contributed by atoms with Gasteiger partial charge in [0.15, 0.2) is 9.84 Å². The van der Waals surface area contributed by atoms with E-state index in [2.05, 4.69) is 15.2 Å². The van der Waals surface area contributed by atoms with E-state index in [-0.39, 0.29) is 16.7 Å². The monoisotopic (exact) mass is 348 g/mol. The van der Waals surface area contributed by atoms with Gasteiger partial charge in [-0.05, 0) is 37.3 Å². The molecule has 24 heavy (non-hydrogen) atoms. The van der Waals surface area contributed by atoms with E-state index in [9.17, 15) is 13.2 Å². The minimum atomic E-state index is -3.30. The minimum absolute atomic E-state index is 0.0757. The summed E-state index contributed by atoms with van der Waals surface area (Å²) in [6.07, 6.45) is 6.55. The highest BCUT2D eigenvalue weighted by atomic mass is 32.2. The van der Waals surface area contributed by atoms with Gasteiger partial charge < -0.3 is 4.90 Å². The van der Waals surface area contributed by atoms with Crippen molar-refractivity contribution in [2.24, 2.45) is 5.92 Å². The lowest BCUT2D eigenvalue weighted by molar-refractivity contribution is 0.0666. The Morgan fingerprint density at radius 1 is 1.42 bits per heavy atom. The van der Waals surface area contributed by atoms with Crippen molar-refractivity contribution < 1.29 is 13.2 Å². The average molecular weight is 348 g/mol.